The van der Waals surface area contributed by atoms with Crippen LogP contribution in [0.4, 0.5) is 0 Å². The predicted molar refractivity (Wildman–Crippen MR) is 160 cm³/mol. The number of aromatic amines is 1. The van der Waals surface area contributed by atoms with E-state index >= 15 is 0 Å². The van der Waals surface area contributed by atoms with E-state index in [1.165, 1.54) is 70.4 Å². The first-order valence-corrected chi connectivity index (χ1v) is 14.6. The summed E-state index contributed by atoms with van der Waals surface area (Å²) >= 11 is 6.47. The van der Waals surface area contributed by atoms with Crippen molar-refractivity contribution in [2.24, 2.45) is 4.99 Å². The Bertz CT molecular complexity index is 1120. The second-order valence-corrected chi connectivity index (χ2v) is 11.1. The molecule has 2 aliphatic rings. The van der Waals surface area contributed by atoms with Crippen molar-refractivity contribution < 1.29 is 15.0 Å². The minimum atomic E-state index is -1.29. The number of carbonyl (C=O) groups is 1. The molecule has 0 aliphatic heterocycles. The third-order valence-corrected chi connectivity index (χ3v) is 7.47. The molecule has 0 saturated heterocycles. The Labute approximate surface area is 260 Å². The molecule has 2 aromatic carbocycles. The minimum Gasteiger partial charge on any atom is -0.871 e. The number of hydrogen-bond donors (Lipinski definition) is 1. The van der Waals surface area contributed by atoms with Crippen molar-refractivity contribution in [2.45, 2.75) is 76.7 Å². The minimum absolute atomic E-state index is 0. The van der Waals surface area contributed by atoms with Crippen LogP contribution in [0, 0.1) is 12.8 Å². The van der Waals surface area contributed by atoms with Crippen molar-refractivity contribution >= 4 is 78.9 Å². The van der Waals surface area contributed by atoms with Crippen molar-refractivity contribution in [2.75, 3.05) is 0 Å². The number of hydrogen-bond acceptors (Lipinski definition) is 4. The molecule has 3 aromatic rings. The topological polar surface area (TPSA) is 91.3 Å². The van der Waals surface area contributed by atoms with Crippen molar-refractivity contribution in [1.29, 1.82) is 0 Å². The SMILES string of the molecule is O=C([O-])[C@H](Cc1c[nH]c2ccccc12)N=Cc1cc(Br)cc(Br)c1[O-].[CH]1CCCCC1.[CH]1CCCCC1.[Sn+2]. The summed E-state index contributed by atoms with van der Waals surface area (Å²) < 4.78 is 1.08. The summed E-state index contributed by atoms with van der Waals surface area (Å²) in [5.41, 5.74) is 2.06. The van der Waals surface area contributed by atoms with Crippen LogP contribution in [0.1, 0.15) is 75.3 Å². The summed E-state index contributed by atoms with van der Waals surface area (Å²) in [4.78, 5) is 18.6. The van der Waals surface area contributed by atoms with Crippen LogP contribution < -0.4 is 10.2 Å². The number of aliphatic carboxylic acids is 1. The van der Waals surface area contributed by atoms with E-state index in [2.05, 4.69) is 54.7 Å². The second kappa shape index (κ2) is 18.1. The van der Waals surface area contributed by atoms with Gasteiger partial charge >= 0.3 is 23.9 Å². The maximum Gasteiger partial charge on any atom is 2.00 e. The summed E-state index contributed by atoms with van der Waals surface area (Å²) in [5, 5.41) is 24.5. The van der Waals surface area contributed by atoms with Crippen molar-refractivity contribution in [3.05, 3.63) is 75.5 Å². The molecule has 200 valence electrons. The number of nitrogens with one attached hydrogen (secondary N) is 1. The van der Waals surface area contributed by atoms with E-state index in [1.54, 1.807) is 18.3 Å². The van der Waals surface area contributed by atoms with Crippen LogP contribution in [0.2, 0.25) is 0 Å². The van der Waals surface area contributed by atoms with E-state index in [9.17, 15) is 15.0 Å². The number of aliphatic imine (C=N–C) groups is 1. The van der Waals surface area contributed by atoms with Gasteiger partial charge in [0.2, 0.25) is 0 Å². The van der Waals surface area contributed by atoms with Gasteiger partial charge in [-0.25, -0.2) is 0 Å². The molecule has 2 fully saturated rings. The Hall–Kier alpha value is -1.32. The van der Waals surface area contributed by atoms with Gasteiger partial charge in [-0.15, -0.1) is 0 Å². The van der Waals surface area contributed by atoms with Crippen LogP contribution in [-0.2, 0) is 11.2 Å². The number of nitrogens with zero attached hydrogens (tertiary/aromatic N) is 1. The molecule has 2 saturated carbocycles. The fourth-order valence-corrected chi connectivity index (χ4v) is 5.61. The Kier molecular flexibility index (Phi) is 15.7. The first-order chi connectivity index (χ1) is 18.0. The van der Waals surface area contributed by atoms with Gasteiger partial charge in [0.1, 0.15) is 0 Å². The average Bonchev–Trinajstić information content (AvgIpc) is 3.34. The molecular weight excluding hydrogens is 715 g/mol. The Morgan fingerprint density at radius 3 is 2.11 bits per heavy atom. The third-order valence-electron chi connectivity index (χ3n) is 6.42. The number of halogens is 2. The number of carboxylic acids is 1. The molecule has 2 aliphatic carbocycles. The Morgan fingerprint density at radius 1 is 0.974 bits per heavy atom. The fourth-order valence-electron chi connectivity index (χ4n) is 4.35. The smallest absolute Gasteiger partial charge is 0.871 e. The van der Waals surface area contributed by atoms with Crippen molar-refractivity contribution in [3.8, 4) is 5.75 Å². The number of benzene rings is 2. The normalized spacial score (nSPS) is 15.9. The van der Waals surface area contributed by atoms with Gasteiger partial charge in [0.05, 0.1) is 12.0 Å². The molecular formula is C30H34Br2N2O3Sn. The number of aromatic nitrogens is 1. The molecule has 1 N–H and O–H groups in total. The number of carboxylic acid groups (broad SMARTS) is 1. The van der Waals surface area contributed by atoms with E-state index in [0.717, 1.165) is 16.5 Å². The number of carbonyl (C=O) groups excluding carboxylic acids is 1. The van der Waals surface area contributed by atoms with Gasteiger partial charge in [-0.2, -0.15) is 0 Å². The standard InChI is InChI=1S/C18H14Br2N2O3.2C6H11.Sn/c19-12-5-11(17(23)14(20)7-12)9-22-16(18(24)25)6-10-8-21-15-4-2-1-3-13(10)15;2*1-2-4-6-5-3-1;/h1-5,7-9,16,21,23H,6H2,(H,24,25);2*1H,2-6H2;/q;;;+2/p-2/t16-;;;/m0.../s1. The number of fused-ring (bicyclic) bond motifs is 1. The molecule has 0 spiro atoms. The summed E-state index contributed by atoms with van der Waals surface area (Å²) in [6, 6.07) is 9.75. The second-order valence-electron chi connectivity index (χ2n) is 9.34. The van der Waals surface area contributed by atoms with Crippen LogP contribution in [0.5, 0.6) is 5.75 Å². The number of H-pyrrole nitrogens is 1. The summed E-state index contributed by atoms with van der Waals surface area (Å²) in [6.07, 6.45) is 22.2. The largest absolute Gasteiger partial charge is 2.00 e. The average molecular weight is 749 g/mol. The van der Waals surface area contributed by atoms with Gasteiger partial charge in [-0.05, 0) is 42.2 Å². The van der Waals surface area contributed by atoms with Gasteiger partial charge in [0.15, 0.2) is 0 Å². The summed E-state index contributed by atoms with van der Waals surface area (Å²) in [7, 11) is 0. The summed E-state index contributed by atoms with van der Waals surface area (Å²) in [5.74, 6) is -1.54. The van der Waals surface area contributed by atoms with E-state index < -0.39 is 12.0 Å². The Morgan fingerprint density at radius 2 is 1.58 bits per heavy atom. The molecule has 38 heavy (non-hydrogen) atoms. The van der Waals surface area contributed by atoms with E-state index in [0.29, 0.717) is 14.5 Å². The molecule has 4 radical (unpaired) electrons. The number of rotatable bonds is 5. The number of para-hydroxylation sites is 1. The van der Waals surface area contributed by atoms with E-state index in [-0.39, 0.29) is 36.1 Å². The van der Waals surface area contributed by atoms with Crippen molar-refractivity contribution in [1.82, 2.24) is 4.98 Å². The Balaban J connectivity index is 0.000000319. The van der Waals surface area contributed by atoms with Crippen LogP contribution in [0.3, 0.4) is 0 Å². The zero-order valence-electron chi connectivity index (χ0n) is 21.6. The zero-order chi connectivity index (χ0) is 26.5. The van der Waals surface area contributed by atoms with Gasteiger partial charge in [0.25, 0.3) is 0 Å². The maximum atomic E-state index is 12.1. The molecule has 1 atom stereocenters. The molecule has 0 unspecified atom stereocenters. The molecule has 5 rings (SSSR count). The van der Waals surface area contributed by atoms with Crippen LogP contribution >= 0.6 is 31.9 Å². The first kappa shape index (κ1) is 32.9. The van der Waals surface area contributed by atoms with Crippen LogP contribution in [-0.4, -0.2) is 47.1 Å². The monoisotopic (exact) mass is 748 g/mol. The van der Waals surface area contributed by atoms with Crippen molar-refractivity contribution in [3.63, 3.8) is 0 Å². The summed E-state index contributed by atoms with van der Waals surface area (Å²) in [6.45, 7) is 0. The molecule has 1 heterocycles. The zero-order valence-corrected chi connectivity index (χ0v) is 27.6. The van der Waals surface area contributed by atoms with Crippen LogP contribution in [0.25, 0.3) is 10.9 Å². The quantitative estimate of drug-likeness (QED) is 0.240. The molecule has 1 aromatic heterocycles. The molecule has 0 amide bonds. The fraction of sp³-hybridized carbons (Fsp3) is 0.400. The van der Waals surface area contributed by atoms with E-state index in [1.807, 2.05) is 24.3 Å². The van der Waals surface area contributed by atoms with E-state index in [4.69, 9.17) is 0 Å². The molecule has 8 heteroatoms. The van der Waals surface area contributed by atoms with Gasteiger partial charge < -0.3 is 20.0 Å². The maximum absolute atomic E-state index is 12.1. The van der Waals surface area contributed by atoms with Gasteiger partial charge in [-0.1, -0.05) is 120 Å². The first-order valence-electron chi connectivity index (χ1n) is 13.0. The van der Waals surface area contributed by atoms with Gasteiger partial charge in [-0.3, -0.25) is 4.99 Å². The third kappa shape index (κ3) is 11.0. The van der Waals surface area contributed by atoms with Gasteiger partial charge in [0, 0.05) is 38.7 Å². The van der Waals surface area contributed by atoms with Crippen LogP contribution in [0.15, 0.2) is 56.5 Å². The molecule has 5 nitrogen and oxygen atoms in total. The predicted octanol–water partition coefficient (Wildman–Crippen LogP) is 6.48. The molecule has 0 bridgehead atoms.